The van der Waals surface area contributed by atoms with Gasteiger partial charge in [-0.05, 0) is 61.5 Å². The highest BCUT2D eigenvalue weighted by molar-refractivity contribution is 6.05. The first-order chi connectivity index (χ1) is 15.7. The lowest BCUT2D eigenvalue weighted by atomic mass is 10.1. The van der Waals surface area contributed by atoms with E-state index < -0.39 is 23.6 Å². The van der Waals surface area contributed by atoms with Gasteiger partial charge in [-0.3, -0.25) is 4.79 Å². The van der Waals surface area contributed by atoms with Gasteiger partial charge in [-0.1, -0.05) is 12.1 Å². The van der Waals surface area contributed by atoms with Crippen molar-refractivity contribution in [1.29, 1.82) is 0 Å². The third-order valence-electron chi connectivity index (χ3n) is 4.51. The first kappa shape index (κ1) is 23.6. The maximum Gasteiger partial charge on any atom is 0.416 e. The monoisotopic (exact) mass is 459 g/mol. The zero-order chi connectivity index (χ0) is 24.0. The number of halogens is 3. The number of benzene rings is 3. The van der Waals surface area contributed by atoms with Gasteiger partial charge in [-0.25, -0.2) is 4.79 Å². The van der Waals surface area contributed by atoms with Crippen LogP contribution in [0.3, 0.4) is 0 Å². The van der Waals surface area contributed by atoms with Gasteiger partial charge in [0.15, 0.2) is 5.75 Å². The molecule has 0 heterocycles. The number of rotatable bonds is 7. The fourth-order valence-corrected chi connectivity index (χ4v) is 2.88. The second kappa shape index (κ2) is 10.1. The molecule has 3 aromatic carbocycles. The number of hydrogen-bond donors (Lipinski definition) is 1. The molecule has 172 valence electrons. The van der Waals surface area contributed by atoms with Gasteiger partial charge in [0.2, 0.25) is 0 Å². The molecular formula is C24H20F3NO5. The highest BCUT2D eigenvalue weighted by atomic mass is 19.4. The van der Waals surface area contributed by atoms with Crippen LogP contribution in [-0.4, -0.2) is 25.6 Å². The summed E-state index contributed by atoms with van der Waals surface area (Å²) in [7, 11) is 1.47. The van der Waals surface area contributed by atoms with Crippen LogP contribution >= 0.6 is 0 Å². The summed E-state index contributed by atoms with van der Waals surface area (Å²) in [5.41, 5.74) is -0.902. The summed E-state index contributed by atoms with van der Waals surface area (Å²) in [5.74, 6) is -0.799. The largest absolute Gasteiger partial charge is 0.497 e. The van der Waals surface area contributed by atoms with E-state index in [1.165, 1.54) is 31.4 Å². The lowest BCUT2D eigenvalue weighted by Gasteiger charge is -2.16. The van der Waals surface area contributed by atoms with Crippen LogP contribution in [-0.2, 0) is 10.9 Å². The van der Waals surface area contributed by atoms with Gasteiger partial charge >= 0.3 is 12.1 Å². The maximum absolute atomic E-state index is 13.3. The molecule has 0 aromatic heterocycles. The summed E-state index contributed by atoms with van der Waals surface area (Å²) in [4.78, 5) is 24.9. The lowest BCUT2D eigenvalue weighted by molar-refractivity contribution is -0.137. The number of carbonyl (C=O) groups is 2. The molecule has 0 saturated heterocycles. The van der Waals surface area contributed by atoms with Crippen LogP contribution in [0.4, 0.5) is 18.9 Å². The molecule has 0 radical (unpaired) electrons. The summed E-state index contributed by atoms with van der Waals surface area (Å²) in [5, 5.41) is 2.45. The van der Waals surface area contributed by atoms with Crippen molar-refractivity contribution in [1.82, 2.24) is 0 Å². The molecule has 3 aromatic rings. The van der Waals surface area contributed by atoms with Crippen LogP contribution < -0.4 is 14.8 Å². The van der Waals surface area contributed by atoms with E-state index in [1.807, 2.05) is 0 Å². The Kier molecular flexibility index (Phi) is 7.22. The van der Waals surface area contributed by atoms with E-state index in [-0.39, 0.29) is 34.9 Å². The maximum atomic E-state index is 13.3. The predicted octanol–water partition coefficient (Wildman–Crippen LogP) is 5.94. The molecule has 0 aliphatic rings. The van der Waals surface area contributed by atoms with E-state index >= 15 is 0 Å². The van der Waals surface area contributed by atoms with E-state index in [0.29, 0.717) is 5.75 Å². The highest BCUT2D eigenvalue weighted by Gasteiger charge is 2.31. The molecule has 0 aliphatic heterocycles. The number of alkyl halides is 3. The molecule has 0 aliphatic carbocycles. The lowest BCUT2D eigenvalue weighted by Crippen LogP contribution is -2.14. The van der Waals surface area contributed by atoms with Gasteiger partial charge in [0.05, 0.1) is 25.0 Å². The first-order valence-corrected chi connectivity index (χ1v) is 9.83. The standard InChI is InChI=1S/C24H20F3NO5/c1-3-32-23(30)18-6-4-5-7-20(18)33-21-13-10-16(24(25,26)27)14-19(21)28-22(29)15-8-11-17(31-2)12-9-15/h4-14H,3H2,1-2H3,(H,28,29). The van der Waals surface area contributed by atoms with Crippen LogP contribution in [0, 0.1) is 0 Å². The molecule has 0 saturated carbocycles. The van der Waals surface area contributed by atoms with Crippen molar-refractivity contribution >= 4 is 17.6 Å². The Hall–Kier alpha value is -4.01. The van der Waals surface area contributed by atoms with E-state index in [4.69, 9.17) is 14.2 Å². The third-order valence-corrected chi connectivity index (χ3v) is 4.51. The van der Waals surface area contributed by atoms with Crippen LogP contribution in [0.1, 0.15) is 33.2 Å². The fraction of sp³-hybridized carbons (Fsp3) is 0.167. The van der Waals surface area contributed by atoms with Crippen molar-refractivity contribution in [2.45, 2.75) is 13.1 Å². The molecule has 0 unspecified atom stereocenters. The Labute approximate surface area is 187 Å². The van der Waals surface area contributed by atoms with Gasteiger partial charge in [0, 0.05) is 5.56 Å². The van der Waals surface area contributed by atoms with Gasteiger partial charge in [-0.2, -0.15) is 13.2 Å². The SMILES string of the molecule is CCOC(=O)c1ccccc1Oc1ccc(C(F)(F)F)cc1NC(=O)c1ccc(OC)cc1. The number of methoxy groups -OCH3 is 1. The minimum atomic E-state index is -4.64. The number of esters is 1. The number of anilines is 1. The minimum Gasteiger partial charge on any atom is -0.497 e. The van der Waals surface area contributed by atoms with Crippen LogP contribution in [0.25, 0.3) is 0 Å². The smallest absolute Gasteiger partial charge is 0.416 e. The number of ether oxygens (including phenoxy) is 3. The Morgan fingerprint density at radius 1 is 0.939 bits per heavy atom. The summed E-state index contributed by atoms with van der Waals surface area (Å²) in [6, 6.07) is 14.8. The Balaban J connectivity index is 1.97. The number of nitrogens with one attached hydrogen (secondary N) is 1. The van der Waals surface area contributed by atoms with Gasteiger partial charge in [0.25, 0.3) is 5.91 Å². The zero-order valence-corrected chi connectivity index (χ0v) is 17.7. The van der Waals surface area contributed by atoms with Crippen LogP contribution in [0.2, 0.25) is 0 Å². The van der Waals surface area contributed by atoms with Gasteiger partial charge in [-0.15, -0.1) is 0 Å². The van der Waals surface area contributed by atoms with Gasteiger partial charge in [0.1, 0.15) is 17.1 Å². The second-order valence-electron chi connectivity index (χ2n) is 6.71. The van der Waals surface area contributed by atoms with E-state index in [1.54, 1.807) is 31.2 Å². The molecule has 9 heteroatoms. The summed E-state index contributed by atoms with van der Waals surface area (Å²) in [6.45, 7) is 1.78. The van der Waals surface area contributed by atoms with E-state index in [9.17, 15) is 22.8 Å². The Morgan fingerprint density at radius 3 is 2.27 bits per heavy atom. The van der Waals surface area contributed by atoms with Crippen molar-refractivity contribution in [3.63, 3.8) is 0 Å². The molecular weight excluding hydrogens is 439 g/mol. The third kappa shape index (κ3) is 5.82. The molecule has 0 fully saturated rings. The summed E-state index contributed by atoms with van der Waals surface area (Å²) >= 11 is 0. The minimum absolute atomic E-state index is 0.0654. The number of hydrogen-bond acceptors (Lipinski definition) is 5. The Bertz CT molecular complexity index is 1140. The molecule has 6 nitrogen and oxygen atoms in total. The van der Waals surface area contributed by atoms with Crippen LogP contribution in [0.15, 0.2) is 66.7 Å². The zero-order valence-electron chi connectivity index (χ0n) is 17.7. The first-order valence-electron chi connectivity index (χ1n) is 9.83. The summed E-state index contributed by atoms with van der Waals surface area (Å²) in [6.07, 6.45) is -4.64. The number of para-hydroxylation sites is 1. The molecule has 0 bridgehead atoms. The van der Waals surface area contributed by atoms with Crippen LogP contribution in [0.5, 0.6) is 17.2 Å². The second-order valence-corrected chi connectivity index (χ2v) is 6.71. The number of amides is 1. The molecule has 1 N–H and O–H groups in total. The normalized spacial score (nSPS) is 10.9. The van der Waals surface area contributed by atoms with Crippen molar-refractivity contribution in [3.05, 3.63) is 83.4 Å². The molecule has 1 amide bonds. The molecule has 33 heavy (non-hydrogen) atoms. The topological polar surface area (TPSA) is 73.9 Å². The molecule has 0 spiro atoms. The van der Waals surface area contributed by atoms with Crippen molar-refractivity contribution in [2.75, 3.05) is 19.0 Å². The van der Waals surface area contributed by atoms with Gasteiger partial charge < -0.3 is 19.5 Å². The van der Waals surface area contributed by atoms with Crippen molar-refractivity contribution in [3.8, 4) is 17.2 Å². The quantitative estimate of drug-likeness (QED) is 0.443. The van der Waals surface area contributed by atoms with E-state index in [0.717, 1.165) is 18.2 Å². The predicted molar refractivity (Wildman–Crippen MR) is 115 cm³/mol. The van der Waals surface area contributed by atoms with Crippen molar-refractivity contribution in [2.24, 2.45) is 0 Å². The van der Waals surface area contributed by atoms with E-state index in [2.05, 4.69) is 5.32 Å². The fourth-order valence-electron chi connectivity index (χ4n) is 2.88. The molecule has 3 rings (SSSR count). The number of carbonyl (C=O) groups excluding carboxylic acids is 2. The average molecular weight is 459 g/mol. The Morgan fingerprint density at radius 2 is 1.64 bits per heavy atom. The highest BCUT2D eigenvalue weighted by Crippen LogP contribution is 2.38. The molecule has 0 atom stereocenters. The van der Waals surface area contributed by atoms with Crippen molar-refractivity contribution < 1.29 is 37.0 Å². The summed E-state index contributed by atoms with van der Waals surface area (Å²) < 4.78 is 55.7. The average Bonchev–Trinajstić information content (AvgIpc) is 2.80.